The molecule has 2 amide bonds. The Morgan fingerprint density at radius 3 is 2.04 bits per heavy atom. The largest absolute Gasteiger partial charge is 0.481 e. The molecule has 2 aromatic heterocycles. The zero-order chi connectivity index (χ0) is 37.5. The fraction of sp³-hybridized carbons (Fsp3) is 0.452. The number of halogens is 1. The third-order valence-corrected chi connectivity index (χ3v) is 12.9. The monoisotopic (exact) mass is 747 g/mol. The number of benzene rings is 2. The number of amides is 2. The summed E-state index contributed by atoms with van der Waals surface area (Å²) in [4.78, 5) is 47.0. The van der Waals surface area contributed by atoms with Crippen molar-refractivity contribution in [3.63, 3.8) is 0 Å². The van der Waals surface area contributed by atoms with Crippen molar-refractivity contribution < 1.29 is 19.1 Å². The summed E-state index contributed by atoms with van der Waals surface area (Å²) in [5.74, 6) is 1.50. The van der Waals surface area contributed by atoms with Crippen LogP contribution in [0.5, 0.6) is 11.8 Å². The normalized spacial score (nSPS) is 20.9. The lowest BCUT2D eigenvalue weighted by Gasteiger charge is -2.61. The first-order chi connectivity index (χ1) is 26.0. The van der Waals surface area contributed by atoms with Crippen LogP contribution in [0.2, 0.25) is 5.02 Å². The van der Waals surface area contributed by atoms with E-state index >= 15 is 0 Å². The third kappa shape index (κ3) is 5.74. The average molecular weight is 748 g/mol. The maximum Gasteiger partial charge on any atom is 0.237 e. The molecule has 6 heterocycles. The van der Waals surface area contributed by atoms with E-state index in [0.717, 1.165) is 110 Å². The Hall–Kier alpha value is -4.58. The minimum absolute atomic E-state index is 0.150. The van der Waals surface area contributed by atoms with Gasteiger partial charge >= 0.3 is 0 Å². The SMILES string of the molecule is COc1nc(-c2cccc(-c3cccc(-c4cc5c(c(OC)n4)[C@@H](N4CC6(CN(C(C)=O)C6)C4)CC5)c3Cl)c2C)cnc1CN1CC2(C1)CN(C(C)=O)C2. The lowest BCUT2D eigenvalue weighted by molar-refractivity contribution is -0.161. The zero-order valence-corrected chi connectivity index (χ0v) is 32.4. The van der Waals surface area contributed by atoms with Gasteiger partial charge in [0.1, 0.15) is 5.69 Å². The first-order valence-corrected chi connectivity index (χ1v) is 19.2. The van der Waals surface area contributed by atoms with Crippen molar-refractivity contribution in [3.8, 4) is 45.4 Å². The van der Waals surface area contributed by atoms with Gasteiger partial charge in [0, 0.05) is 112 Å². The lowest BCUT2D eigenvalue weighted by atomic mass is 9.72. The van der Waals surface area contributed by atoms with E-state index < -0.39 is 0 Å². The molecular formula is C42H46ClN7O4. The van der Waals surface area contributed by atoms with E-state index in [1.807, 2.05) is 34.2 Å². The van der Waals surface area contributed by atoms with E-state index in [2.05, 4.69) is 41.0 Å². The molecule has 1 aliphatic carbocycles. The Labute approximate surface area is 321 Å². The Bertz CT molecular complexity index is 2180. The van der Waals surface area contributed by atoms with E-state index in [9.17, 15) is 9.59 Å². The second-order valence-electron chi connectivity index (χ2n) is 16.3. The van der Waals surface area contributed by atoms with Crippen molar-refractivity contribution >= 4 is 23.4 Å². The molecule has 4 aliphatic heterocycles. The summed E-state index contributed by atoms with van der Waals surface area (Å²) >= 11 is 7.30. The molecule has 0 saturated carbocycles. The van der Waals surface area contributed by atoms with Gasteiger partial charge in [-0.25, -0.2) is 9.97 Å². The number of hydrogen-bond donors (Lipinski definition) is 0. The van der Waals surface area contributed by atoms with Crippen LogP contribution in [0, 0.1) is 17.8 Å². The number of nitrogens with zero attached hydrogens (tertiary/aromatic N) is 7. The Morgan fingerprint density at radius 2 is 1.39 bits per heavy atom. The molecule has 0 N–H and O–H groups in total. The third-order valence-electron chi connectivity index (χ3n) is 12.5. The molecule has 4 aromatic rings. The molecule has 2 aromatic carbocycles. The van der Waals surface area contributed by atoms with Gasteiger partial charge in [-0.3, -0.25) is 24.4 Å². The van der Waals surface area contributed by atoms with Gasteiger partial charge in [0.2, 0.25) is 23.6 Å². The molecule has 4 fully saturated rings. The second-order valence-corrected chi connectivity index (χ2v) is 16.7. The molecule has 0 unspecified atom stereocenters. The molecule has 1 atom stereocenters. The Morgan fingerprint density at radius 1 is 0.796 bits per heavy atom. The second kappa shape index (κ2) is 13.0. The molecule has 2 spiro atoms. The number of carbonyl (C=O) groups is 2. The van der Waals surface area contributed by atoms with Crippen LogP contribution in [-0.4, -0.2) is 113 Å². The number of methoxy groups -OCH3 is 2. The standard InChI is InChI=1S/C42H46ClN7O4/c1-25-29(8-6-9-30(25)34-15-44-35(39(46-34)53-4)16-47-17-41(18-47)19-48(20-41)26(2)51)31-10-7-11-32(38(31)43)33-14-28-12-13-36(37(28)40(45-33)54-5)50-23-42(24-50)21-49(22-42)27(3)52/h6-11,14-15,36H,12-13,16-24H2,1-5H3/t36-/m0/s1. The van der Waals surface area contributed by atoms with Crippen molar-refractivity contribution in [3.05, 3.63) is 76.1 Å². The van der Waals surface area contributed by atoms with Crippen LogP contribution in [0.3, 0.4) is 0 Å². The van der Waals surface area contributed by atoms with Crippen molar-refractivity contribution in [2.45, 2.75) is 46.2 Å². The highest BCUT2D eigenvalue weighted by Gasteiger charge is 2.55. The Balaban J connectivity index is 0.943. The molecule has 0 radical (unpaired) electrons. The summed E-state index contributed by atoms with van der Waals surface area (Å²) in [6.07, 6.45) is 3.81. The van der Waals surface area contributed by atoms with Crippen molar-refractivity contribution in [1.82, 2.24) is 34.6 Å². The molecule has 11 nitrogen and oxygen atoms in total. The maximum atomic E-state index is 11.8. The van der Waals surface area contributed by atoms with Gasteiger partial charge in [0.05, 0.1) is 36.8 Å². The summed E-state index contributed by atoms with van der Waals surface area (Å²) in [5, 5.41) is 0.635. The summed E-state index contributed by atoms with van der Waals surface area (Å²) in [7, 11) is 3.34. The zero-order valence-electron chi connectivity index (χ0n) is 31.6. The predicted octanol–water partition coefficient (Wildman–Crippen LogP) is 5.67. The lowest BCUT2D eigenvalue weighted by Crippen LogP contribution is -2.72. The van der Waals surface area contributed by atoms with E-state index in [4.69, 9.17) is 36.0 Å². The number of aromatic nitrogens is 3. The Kier molecular flexibility index (Phi) is 8.48. The highest BCUT2D eigenvalue weighted by molar-refractivity contribution is 6.36. The van der Waals surface area contributed by atoms with Crippen LogP contribution in [0.1, 0.15) is 48.7 Å². The van der Waals surface area contributed by atoms with E-state index in [1.165, 1.54) is 11.1 Å². The van der Waals surface area contributed by atoms with Crippen molar-refractivity contribution in [2.24, 2.45) is 10.8 Å². The molecule has 0 bridgehead atoms. The quantitative estimate of drug-likeness (QED) is 0.226. The van der Waals surface area contributed by atoms with Crippen LogP contribution < -0.4 is 9.47 Å². The summed E-state index contributed by atoms with van der Waals surface area (Å²) in [5.41, 5.74) is 10.0. The van der Waals surface area contributed by atoms with Crippen molar-refractivity contribution in [2.75, 3.05) is 66.6 Å². The summed E-state index contributed by atoms with van der Waals surface area (Å²) in [6.45, 7) is 13.3. The first kappa shape index (κ1) is 35.1. The minimum Gasteiger partial charge on any atom is -0.481 e. The van der Waals surface area contributed by atoms with Crippen LogP contribution >= 0.6 is 11.6 Å². The van der Waals surface area contributed by atoms with Gasteiger partial charge in [-0.05, 0) is 42.5 Å². The molecule has 5 aliphatic rings. The van der Waals surface area contributed by atoms with Gasteiger partial charge in [-0.1, -0.05) is 48.0 Å². The number of pyridine rings is 1. The number of hydrogen-bond acceptors (Lipinski definition) is 9. The smallest absolute Gasteiger partial charge is 0.237 e. The van der Waals surface area contributed by atoms with Crippen LogP contribution in [0.15, 0.2) is 48.7 Å². The van der Waals surface area contributed by atoms with Gasteiger partial charge in [0.15, 0.2) is 0 Å². The minimum atomic E-state index is 0.150. The van der Waals surface area contributed by atoms with Gasteiger partial charge < -0.3 is 19.3 Å². The molecule has 54 heavy (non-hydrogen) atoms. The average Bonchev–Trinajstić information content (AvgIpc) is 3.51. The van der Waals surface area contributed by atoms with E-state index in [0.29, 0.717) is 23.3 Å². The molecule has 9 rings (SSSR count). The number of rotatable bonds is 8. The number of likely N-dealkylation sites (tertiary alicyclic amines) is 4. The molecule has 280 valence electrons. The number of fused-ring (bicyclic) bond motifs is 1. The fourth-order valence-corrected chi connectivity index (χ4v) is 10.1. The molecule has 4 saturated heterocycles. The molecule has 12 heteroatoms. The van der Waals surface area contributed by atoms with E-state index in [-0.39, 0.29) is 28.7 Å². The van der Waals surface area contributed by atoms with Crippen LogP contribution in [-0.2, 0) is 22.6 Å². The van der Waals surface area contributed by atoms with Gasteiger partial charge in [0.25, 0.3) is 0 Å². The van der Waals surface area contributed by atoms with Gasteiger partial charge in [-0.2, -0.15) is 0 Å². The highest BCUT2D eigenvalue weighted by atomic mass is 35.5. The van der Waals surface area contributed by atoms with Crippen LogP contribution in [0.25, 0.3) is 33.6 Å². The fourth-order valence-electron chi connectivity index (χ4n) is 9.82. The van der Waals surface area contributed by atoms with Gasteiger partial charge in [-0.15, -0.1) is 0 Å². The van der Waals surface area contributed by atoms with Crippen molar-refractivity contribution in [1.29, 1.82) is 0 Å². The number of ether oxygens (including phenoxy) is 2. The number of carbonyl (C=O) groups excluding carboxylic acids is 2. The predicted molar refractivity (Wildman–Crippen MR) is 206 cm³/mol. The first-order valence-electron chi connectivity index (χ1n) is 18.8. The topological polar surface area (TPSA) is 104 Å². The van der Waals surface area contributed by atoms with E-state index in [1.54, 1.807) is 28.1 Å². The molecular weight excluding hydrogens is 702 g/mol. The maximum absolute atomic E-state index is 11.8. The highest BCUT2D eigenvalue weighted by Crippen LogP contribution is 2.50. The summed E-state index contributed by atoms with van der Waals surface area (Å²) < 4.78 is 11.7. The summed E-state index contributed by atoms with van der Waals surface area (Å²) in [6, 6.07) is 14.8. The number of aryl methyl sites for hydroxylation is 1. The van der Waals surface area contributed by atoms with Crippen LogP contribution in [0.4, 0.5) is 0 Å².